The molecule has 0 fully saturated rings. The maximum atomic E-state index is 11.6. The van der Waals surface area contributed by atoms with Gasteiger partial charge in [-0.3, -0.25) is 9.63 Å². The molecular formula is C11H15NO2S. The van der Waals surface area contributed by atoms with Crippen LogP contribution in [0, 0.1) is 0 Å². The molecule has 0 bridgehead atoms. The Morgan fingerprint density at radius 3 is 2.87 bits per heavy atom. The zero-order valence-corrected chi connectivity index (χ0v) is 9.76. The molecule has 0 unspecified atom stereocenters. The first-order valence-electron chi connectivity index (χ1n) is 4.84. The van der Waals surface area contributed by atoms with Crippen LogP contribution in [0.2, 0.25) is 0 Å². The molecule has 1 N–H and O–H groups in total. The lowest BCUT2D eigenvalue weighted by atomic mass is 10.2. The fourth-order valence-electron chi connectivity index (χ4n) is 1.14. The number of amides is 1. The van der Waals surface area contributed by atoms with Gasteiger partial charge in [0.05, 0.1) is 12.7 Å². The fourth-order valence-corrected chi connectivity index (χ4v) is 2.05. The summed E-state index contributed by atoms with van der Waals surface area (Å²) in [7, 11) is 1.43. The van der Waals surface area contributed by atoms with Crippen molar-refractivity contribution in [3.8, 4) is 0 Å². The van der Waals surface area contributed by atoms with Crippen molar-refractivity contribution in [1.29, 1.82) is 0 Å². The quantitative estimate of drug-likeness (QED) is 0.618. The van der Waals surface area contributed by atoms with Crippen LogP contribution in [0.4, 0.5) is 0 Å². The van der Waals surface area contributed by atoms with E-state index >= 15 is 0 Å². The highest BCUT2D eigenvalue weighted by Gasteiger charge is 2.09. The summed E-state index contributed by atoms with van der Waals surface area (Å²) in [5, 5.41) is 0. The lowest BCUT2D eigenvalue weighted by molar-refractivity contribution is 0.0534. The van der Waals surface area contributed by atoms with E-state index in [9.17, 15) is 4.79 Å². The van der Waals surface area contributed by atoms with Gasteiger partial charge in [0.1, 0.15) is 0 Å². The maximum absolute atomic E-state index is 11.6. The van der Waals surface area contributed by atoms with Gasteiger partial charge < -0.3 is 0 Å². The van der Waals surface area contributed by atoms with E-state index in [-0.39, 0.29) is 5.91 Å². The normalized spacial score (nSPS) is 10.0. The maximum Gasteiger partial charge on any atom is 0.275 e. The van der Waals surface area contributed by atoms with E-state index in [0.717, 1.165) is 17.1 Å². The molecule has 0 aliphatic carbocycles. The number of thioether (sulfide) groups is 1. The lowest BCUT2D eigenvalue weighted by Gasteiger charge is -2.07. The van der Waals surface area contributed by atoms with Crippen LogP contribution in [-0.2, 0) is 4.84 Å². The van der Waals surface area contributed by atoms with Crippen molar-refractivity contribution in [3.05, 3.63) is 29.8 Å². The summed E-state index contributed by atoms with van der Waals surface area (Å²) in [6.07, 6.45) is 1.09. The minimum atomic E-state index is -0.197. The van der Waals surface area contributed by atoms with Crippen LogP contribution in [0.15, 0.2) is 29.2 Å². The van der Waals surface area contributed by atoms with E-state index in [1.54, 1.807) is 17.8 Å². The van der Waals surface area contributed by atoms with Gasteiger partial charge in [0.15, 0.2) is 0 Å². The van der Waals surface area contributed by atoms with Crippen molar-refractivity contribution in [3.63, 3.8) is 0 Å². The Balaban J connectivity index is 2.80. The molecule has 0 aliphatic heterocycles. The summed E-state index contributed by atoms with van der Waals surface area (Å²) in [5.41, 5.74) is 2.99. The molecule has 0 spiro atoms. The highest BCUT2D eigenvalue weighted by atomic mass is 32.2. The minimum Gasteiger partial charge on any atom is -0.277 e. The number of hydrogen-bond donors (Lipinski definition) is 1. The Kier molecular flexibility index (Phi) is 5.21. The van der Waals surface area contributed by atoms with E-state index < -0.39 is 0 Å². The average Bonchev–Trinajstić information content (AvgIpc) is 2.27. The van der Waals surface area contributed by atoms with Crippen LogP contribution in [0.25, 0.3) is 0 Å². The molecule has 15 heavy (non-hydrogen) atoms. The third-order valence-corrected chi connectivity index (χ3v) is 3.07. The van der Waals surface area contributed by atoms with E-state index in [1.165, 1.54) is 7.11 Å². The first-order chi connectivity index (χ1) is 7.29. The van der Waals surface area contributed by atoms with Crippen LogP contribution >= 0.6 is 11.8 Å². The average molecular weight is 225 g/mol. The second-order valence-corrected chi connectivity index (χ2v) is 4.12. The van der Waals surface area contributed by atoms with E-state index in [4.69, 9.17) is 0 Å². The zero-order chi connectivity index (χ0) is 11.1. The molecule has 0 saturated carbocycles. The Labute approximate surface area is 94.2 Å². The van der Waals surface area contributed by atoms with Gasteiger partial charge in [-0.1, -0.05) is 19.1 Å². The topological polar surface area (TPSA) is 38.3 Å². The molecule has 0 saturated heterocycles. The van der Waals surface area contributed by atoms with Gasteiger partial charge in [0.25, 0.3) is 5.91 Å². The second-order valence-electron chi connectivity index (χ2n) is 2.98. The lowest BCUT2D eigenvalue weighted by Crippen LogP contribution is -2.22. The molecule has 1 rings (SSSR count). The molecule has 1 amide bonds. The highest BCUT2D eigenvalue weighted by Crippen LogP contribution is 2.22. The van der Waals surface area contributed by atoms with E-state index in [2.05, 4.69) is 17.2 Å². The van der Waals surface area contributed by atoms with Crippen molar-refractivity contribution < 1.29 is 9.63 Å². The number of nitrogens with one attached hydrogen (secondary N) is 1. The van der Waals surface area contributed by atoms with E-state index in [0.29, 0.717) is 5.56 Å². The Bertz CT molecular complexity index is 328. The number of carbonyl (C=O) groups excluding carboxylic acids is 1. The number of hydrogen-bond acceptors (Lipinski definition) is 3. The van der Waals surface area contributed by atoms with Gasteiger partial charge in [-0.25, -0.2) is 5.48 Å². The molecule has 4 heteroatoms. The third kappa shape index (κ3) is 3.57. The van der Waals surface area contributed by atoms with Crippen molar-refractivity contribution in [1.82, 2.24) is 5.48 Å². The van der Waals surface area contributed by atoms with Crippen molar-refractivity contribution in [2.75, 3.05) is 12.9 Å². The molecular weight excluding hydrogens is 210 g/mol. The summed E-state index contributed by atoms with van der Waals surface area (Å²) < 4.78 is 0. The number of rotatable bonds is 5. The Morgan fingerprint density at radius 2 is 2.20 bits per heavy atom. The van der Waals surface area contributed by atoms with Crippen LogP contribution in [-0.4, -0.2) is 18.8 Å². The summed E-state index contributed by atoms with van der Waals surface area (Å²) >= 11 is 1.68. The van der Waals surface area contributed by atoms with Crippen LogP contribution < -0.4 is 5.48 Å². The number of hydroxylamine groups is 1. The zero-order valence-electron chi connectivity index (χ0n) is 8.95. The van der Waals surface area contributed by atoms with Gasteiger partial charge in [0, 0.05) is 4.90 Å². The Morgan fingerprint density at radius 1 is 1.47 bits per heavy atom. The van der Waals surface area contributed by atoms with Gasteiger partial charge in [0.2, 0.25) is 0 Å². The van der Waals surface area contributed by atoms with Crippen LogP contribution in [0.5, 0.6) is 0 Å². The molecule has 0 radical (unpaired) electrons. The smallest absolute Gasteiger partial charge is 0.275 e. The molecule has 0 aliphatic rings. The minimum absolute atomic E-state index is 0.197. The van der Waals surface area contributed by atoms with Gasteiger partial charge in [-0.2, -0.15) is 0 Å². The Hall–Kier alpha value is -1.00. The van der Waals surface area contributed by atoms with Gasteiger partial charge in [-0.15, -0.1) is 11.8 Å². The standard InChI is InChI=1S/C11H15NO2S/c1-3-8-15-10-7-5-4-6-9(10)11(13)12-14-2/h4-7H,3,8H2,1-2H3,(H,12,13). The summed E-state index contributed by atoms with van der Waals surface area (Å²) in [6, 6.07) is 7.53. The predicted molar refractivity (Wildman–Crippen MR) is 61.9 cm³/mol. The highest BCUT2D eigenvalue weighted by molar-refractivity contribution is 7.99. The molecule has 1 aromatic carbocycles. The monoisotopic (exact) mass is 225 g/mol. The van der Waals surface area contributed by atoms with Crippen LogP contribution in [0.3, 0.4) is 0 Å². The SMILES string of the molecule is CCCSc1ccccc1C(=O)NOC. The second kappa shape index (κ2) is 6.48. The van der Waals surface area contributed by atoms with Crippen molar-refractivity contribution in [2.45, 2.75) is 18.2 Å². The van der Waals surface area contributed by atoms with Crippen LogP contribution in [0.1, 0.15) is 23.7 Å². The first kappa shape index (κ1) is 12.1. The number of carbonyl (C=O) groups is 1. The summed E-state index contributed by atoms with van der Waals surface area (Å²) in [4.78, 5) is 17.2. The molecule has 82 valence electrons. The third-order valence-electron chi connectivity index (χ3n) is 1.79. The largest absolute Gasteiger partial charge is 0.277 e. The van der Waals surface area contributed by atoms with Gasteiger partial charge >= 0.3 is 0 Å². The molecule has 3 nitrogen and oxygen atoms in total. The molecule has 0 heterocycles. The summed E-state index contributed by atoms with van der Waals surface area (Å²) in [6.45, 7) is 2.12. The van der Waals surface area contributed by atoms with Crippen molar-refractivity contribution in [2.24, 2.45) is 0 Å². The van der Waals surface area contributed by atoms with E-state index in [1.807, 2.05) is 18.2 Å². The fraction of sp³-hybridized carbons (Fsp3) is 0.364. The number of benzene rings is 1. The molecule has 0 atom stereocenters. The summed E-state index contributed by atoms with van der Waals surface area (Å²) in [5.74, 6) is 0.814. The first-order valence-corrected chi connectivity index (χ1v) is 5.83. The molecule has 1 aromatic rings. The van der Waals surface area contributed by atoms with Gasteiger partial charge in [-0.05, 0) is 24.3 Å². The molecule has 0 aromatic heterocycles. The van der Waals surface area contributed by atoms with Crippen molar-refractivity contribution >= 4 is 17.7 Å². The predicted octanol–water partition coefficient (Wildman–Crippen LogP) is 2.48.